The highest BCUT2D eigenvalue weighted by atomic mass is 32.1. The third kappa shape index (κ3) is 4.14. The summed E-state index contributed by atoms with van der Waals surface area (Å²) in [5, 5.41) is 9.88. The molecule has 2 aromatic carbocycles. The van der Waals surface area contributed by atoms with E-state index in [9.17, 15) is 19.2 Å². The molecule has 4 rings (SSSR count). The maximum Gasteiger partial charge on any atom is 0.273 e. The van der Waals surface area contributed by atoms with Gasteiger partial charge in [0.2, 0.25) is 0 Å². The van der Waals surface area contributed by atoms with Gasteiger partial charge in [-0.3, -0.25) is 14.2 Å². The Morgan fingerprint density at radius 1 is 1.16 bits per heavy atom. The fraction of sp³-hybridized carbons (Fsp3) is 0.240. The minimum absolute atomic E-state index is 0.0678. The number of benzene rings is 2. The number of hydrogen-bond donors (Lipinski definition) is 0. The van der Waals surface area contributed by atoms with E-state index < -0.39 is 5.82 Å². The van der Waals surface area contributed by atoms with Crippen molar-refractivity contribution in [1.82, 2.24) is 9.47 Å². The van der Waals surface area contributed by atoms with Gasteiger partial charge >= 0.3 is 0 Å². The van der Waals surface area contributed by atoms with Crippen LogP contribution in [0.15, 0.2) is 53.3 Å². The summed E-state index contributed by atoms with van der Waals surface area (Å²) in [5.41, 5.74) is 1.49. The Labute approximate surface area is 189 Å². The topological polar surface area (TPSA) is 66.1 Å². The van der Waals surface area contributed by atoms with Gasteiger partial charge in [-0.1, -0.05) is 37.3 Å². The maximum atomic E-state index is 14.2. The summed E-state index contributed by atoms with van der Waals surface area (Å²) in [7, 11) is 0. The number of aromatic nitrogens is 1. The van der Waals surface area contributed by atoms with E-state index in [4.69, 9.17) is 0 Å². The highest BCUT2D eigenvalue weighted by molar-refractivity contribution is 7.07. The molecule has 0 spiro atoms. The number of halogens is 1. The van der Waals surface area contributed by atoms with Gasteiger partial charge in [0.1, 0.15) is 16.5 Å². The first-order valence-electron chi connectivity index (χ1n) is 10.5. The van der Waals surface area contributed by atoms with Gasteiger partial charge in [0, 0.05) is 18.7 Å². The molecular weight excluding hydrogens is 425 g/mol. The van der Waals surface area contributed by atoms with Crippen molar-refractivity contribution >= 4 is 28.9 Å². The minimum atomic E-state index is -0.446. The lowest BCUT2D eigenvalue weighted by molar-refractivity contribution is -0.123. The molecular formula is C25H22FN3O2S. The summed E-state index contributed by atoms with van der Waals surface area (Å²) in [6.45, 7) is 3.23. The second kappa shape index (κ2) is 9.33. The van der Waals surface area contributed by atoms with Crippen LogP contribution in [-0.2, 0) is 11.2 Å². The highest BCUT2D eigenvalue weighted by Crippen LogP contribution is 2.13. The summed E-state index contributed by atoms with van der Waals surface area (Å²) in [6, 6.07) is 15.6. The number of amides is 1. The molecule has 0 unspecified atom stereocenters. The quantitative estimate of drug-likeness (QED) is 0.618. The van der Waals surface area contributed by atoms with Crippen LogP contribution in [0.1, 0.15) is 30.9 Å². The molecule has 7 heteroatoms. The number of nitriles is 1. The monoisotopic (exact) mass is 447 g/mol. The smallest absolute Gasteiger partial charge is 0.273 e. The largest absolute Gasteiger partial charge is 0.338 e. The van der Waals surface area contributed by atoms with Gasteiger partial charge < -0.3 is 4.90 Å². The normalized spacial score (nSPS) is 15.0. The SMILES string of the molecule is CCc1ccc(-n2c(=O)/c(=C\c3ccccc3F)s/c2=C(/C#N)C(=O)N2CCCC2)cc1. The molecule has 5 nitrogen and oxygen atoms in total. The molecule has 1 saturated heterocycles. The Hall–Kier alpha value is -3.50. The zero-order valence-corrected chi connectivity index (χ0v) is 18.5. The summed E-state index contributed by atoms with van der Waals surface area (Å²) in [4.78, 5) is 28.1. The third-order valence-corrected chi connectivity index (χ3v) is 6.64. The summed E-state index contributed by atoms with van der Waals surface area (Å²) >= 11 is 1.04. The average molecular weight is 448 g/mol. The Morgan fingerprint density at radius 2 is 1.84 bits per heavy atom. The first kappa shape index (κ1) is 21.7. The molecule has 0 bridgehead atoms. The van der Waals surface area contributed by atoms with Crippen molar-refractivity contribution in [1.29, 1.82) is 5.26 Å². The molecule has 1 aromatic heterocycles. The Bertz CT molecular complexity index is 1370. The van der Waals surface area contributed by atoms with Crippen LogP contribution in [0, 0.1) is 17.1 Å². The zero-order chi connectivity index (χ0) is 22.7. The van der Waals surface area contributed by atoms with Crippen LogP contribution < -0.4 is 14.8 Å². The zero-order valence-electron chi connectivity index (χ0n) is 17.7. The number of nitrogens with zero attached hydrogens (tertiary/aromatic N) is 3. The van der Waals surface area contributed by atoms with E-state index in [1.54, 1.807) is 35.2 Å². The molecule has 162 valence electrons. The summed E-state index contributed by atoms with van der Waals surface area (Å²) in [5.74, 6) is -0.819. The number of likely N-dealkylation sites (tertiary alicyclic amines) is 1. The van der Waals surface area contributed by atoms with Crippen molar-refractivity contribution in [2.45, 2.75) is 26.2 Å². The number of thiazole rings is 1. The van der Waals surface area contributed by atoms with E-state index in [0.717, 1.165) is 36.2 Å². The number of hydrogen-bond acceptors (Lipinski definition) is 4. The minimum Gasteiger partial charge on any atom is -0.338 e. The van der Waals surface area contributed by atoms with Crippen molar-refractivity contribution in [2.24, 2.45) is 0 Å². The molecule has 1 aliphatic heterocycles. The standard InChI is InChI=1S/C25H22FN3O2S/c1-2-17-9-11-19(12-10-17)29-24(31)22(15-18-7-3-4-8-21(18)26)32-25(29)20(16-27)23(30)28-13-5-6-14-28/h3-4,7-12,15H,2,5-6,13-14H2,1H3/b22-15+,25-20-. The average Bonchev–Trinajstić information content (AvgIpc) is 3.45. The van der Waals surface area contributed by atoms with Crippen LogP contribution in [0.2, 0.25) is 0 Å². The maximum absolute atomic E-state index is 14.2. The number of aryl methyl sites for hydroxylation is 1. The molecule has 0 N–H and O–H groups in total. The van der Waals surface area contributed by atoms with Gasteiger partial charge in [-0.25, -0.2) is 4.39 Å². The first-order chi connectivity index (χ1) is 15.5. The molecule has 0 saturated carbocycles. The fourth-order valence-corrected chi connectivity index (χ4v) is 4.85. The van der Waals surface area contributed by atoms with Crippen LogP contribution >= 0.6 is 11.3 Å². The second-order valence-corrected chi connectivity index (χ2v) is 8.61. The molecule has 3 aromatic rings. The lowest BCUT2D eigenvalue weighted by atomic mass is 10.1. The second-order valence-electron chi connectivity index (χ2n) is 7.58. The van der Waals surface area contributed by atoms with Crippen molar-refractivity contribution < 1.29 is 9.18 Å². The highest BCUT2D eigenvalue weighted by Gasteiger charge is 2.24. The Morgan fingerprint density at radius 3 is 2.47 bits per heavy atom. The predicted octanol–water partition coefficient (Wildman–Crippen LogP) is 2.73. The van der Waals surface area contributed by atoms with Gasteiger partial charge in [0.25, 0.3) is 11.5 Å². The van der Waals surface area contributed by atoms with E-state index in [1.165, 1.54) is 16.7 Å². The van der Waals surface area contributed by atoms with Crippen molar-refractivity contribution in [3.8, 4) is 11.8 Å². The van der Waals surface area contributed by atoms with Crippen LogP contribution in [0.5, 0.6) is 0 Å². The van der Waals surface area contributed by atoms with Crippen LogP contribution in [0.25, 0.3) is 17.3 Å². The van der Waals surface area contributed by atoms with Gasteiger partial charge in [0.05, 0.1) is 10.2 Å². The van der Waals surface area contributed by atoms with Gasteiger partial charge in [-0.15, -0.1) is 11.3 Å². The molecule has 0 aliphatic carbocycles. The molecule has 2 heterocycles. The molecule has 32 heavy (non-hydrogen) atoms. The Balaban J connectivity index is 2.01. The number of carbonyl (C=O) groups is 1. The number of rotatable bonds is 4. The van der Waals surface area contributed by atoms with E-state index in [1.807, 2.05) is 25.1 Å². The molecule has 0 atom stereocenters. The lowest BCUT2D eigenvalue weighted by Crippen LogP contribution is -2.35. The van der Waals surface area contributed by atoms with Crippen LogP contribution in [0.3, 0.4) is 0 Å². The molecule has 1 amide bonds. The molecule has 0 radical (unpaired) electrons. The van der Waals surface area contributed by atoms with Crippen molar-refractivity contribution in [2.75, 3.05) is 13.1 Å². The van der Waals surface area contributed by atoms with Crippen LogP contribution in [0.4, 0.5) is 4.39 Å². The van der Waals surface area contributed by atoms with Crippen LogP contribution in [-0.4, -0.2) is 28.5 Å². The Kier molecular flexibility index (Phi) is 6.33. The molecule has 1 aliphatic rings. The van der Waals surface area contributed by atoms with Gasteiger partial charge in [0.15, 0.2) is 5.57 Å². The van der Waals surface area contributed by atoms with Gasteiger partial charge in [-0.2, -0.15) is 5.26 Å². The predicted molar refractivity (Wildman–Crippen MR) is 123 cm³/mol. The van der Waals surface area contributed by atoms with E-state index in [0.29, 0.717) is 18.8 Å². The number of carbonyl (C=O) groups excluding carboxylic acids is 1. The molecule has 1 fully saturated rings. The summed E-state index contributed by atoms with van der Waals surface area (Å²) in [6.07, 6.45) is 4.11. The van der Waals surface area contributed by atoms with E-state index in [-0.39, 0.29) is 31.8 Å². The third-order valence-electron chi connectivity index (χ3n) is 5.55. The van der Waals surface area contributed by atoms with Crippen molar-refractivity contribution in [3.05, 3.63) is 85.0 Å². The first-order valence-corrected chi connectivity index (χ1v) is 11.4. The fourth-order valence-electron chi connectivity index (χ4n) is 3.76. The van der Waals surface area contributed by atoms with Crippen molar-refractivity contribution in [3.63, 3.8) is 0 Å². The lowest BCUT2D eigenvalue weighted by Gasteiger charge is -2.14. The summed E-state index contributed by atoms with van der Waals surface area (Å²) < 4.78 is 16.1. The van der Waals surface area contributed by atoms with E-state index in [2.05, 4.69) is 0 Å². The van der Waals surface area contributed by atoms with Gasteiger partial charge in [-0.05, 0) is 49.1 Å². The van der Waals surface area contributed by atoms with E-state index >= 15 is 0 Å².